The molecular formula is C15H22ClNS. The molecule has 1 fully saturated rings. The van der Waals surface area contributed by atoms with E-state index in [-0.39, 0.29) is 0 Å². The summed E-state index contributed by atoms with van der Waals surface area (Å²) in [5.41, 5.74) is 1.30. The zero-order valence-corrected chi connectivity index (χ0v) is 12.8. The molecule has 0 spiro atoms. The van der Waals surface area contributed by atoms with Gasteiger partial charge in [-0.05, 0) is 49.6 Å². The molecule has 2 unspecified atom stereocenters. The zero-order chi connectivity index (χ0) is 13.0. The number of benzene rings is 1. The molecule has 100 valence electrons. The highest BCUT2D eigenvalue weighted by molar-refractivity contribution is 8.00. The Bertz CT molecular complexity index is 388. The van der Waals surface area contributed by atoms with Gasteiger partial charge in [0.2, 0.25) is 0 Å². The third kappa shape index (κ3) is 3.66. The molecule has 1 aromatic rings. The maximum atomic E-state index is 6.07. The first-order chi connectivity index (χ1) is 8.63. The van der Waals surface area contributed by atoms with Crippen molar-refractivity contribution in [2.45, 2.75) is 43.9 Å². The number of nitrogens with one attached hydrogen (secondary N) is 1. The Balaban J connectivity index is 1.97. The van der Waals surface area contributed by atoms with E-state index in [1.165, 1.54) is 24.2 Å². The first-order valence-corrected chi connectivity index (χ1v) is 8.12. The van der Waals surface area contributed by atoms with Crippen LogP contribution >= 0.6 is 23.4 Å². The van der Waals surface area contributed by atoms with Crippen molar-refractivity contribution >= 4 is 23.4 Å². The predicted molar refractivity (Wildman–Crippen MR) is 82.6 cm³/mol. The molecule has 0 aliphatic carbocycles. The molecule has 1 N–H and O–H groups in total. The quantitative estimate of drug-likeness (QED) is 0.843. The van der Waals surface area contributed by atoms with Gasteiger partial charge in [0.25, 0.3) is 0 Å². The summed E-state index contributed by atoms with van der Waals surface area (Å²) in [6.45, 7) is 5.69. The van der Waals surface area contributed by atoms with Crippen LogP contribution in [0.15, 0.2) is 24.3 Å². The van der Waals surface area contributed by atoms with E-state index in [1.807, 2.05) is 12.1 Å². The lowest BCUT2D eigenvalue weighted by molar-refractivity contribution is 0.462. The standard InChI is InChI=1S/C15H22ClNS/c1-3-14(12-6-4-7-13(16)10-12)17-11-15(2)8-5-9-18-15/h4,6-7,10,14,17H,3,5,8-9,11H2,1-2H3. The van der Waals surface area contributed by atoms with E-state index in [1.54, 1.807) is 0 Å². The van der Waals surface area contributed by atoms with E-state index >= 15 is 0 Å². The Hall–Kier alpha value is -0.180. The van der Waals surface area contributed by atoms with Crippen LogP contribution < -0.4 is 5.32 Å². The first-order valence-electron chi connectivity index (χ1n) is 6.76. The number of hydrogen-bond acceptors (Lipinski definition) is 2. The lowest BCUT2D eigenvalue weighted by atomic mass is 10.0. The molecule has 1 aromatic carbocycles. The van der Waals surface area contributed by atoms with Gasteiger partial charge in [-0.1, -0.05) is 30.7 Å². The molecule has 18 heavy (non-hydrogen) atoms. The molecule has 0 saturated carbocycles. The number of hydrogen-bond donors (Lipinski definition) is 1. The van der Waals surface area contributed by atoms with Crippen molar-refractivity contribution in [1.82, 2.24) is 5.32 Å². The minimum absolute atomic E-state index is 0.418. The van der Waals surface area contributed by atoms with Crippen molar-refractivity contribution in [3.8, 4) is 0 Å². The Morgan fingerprint density at radius 2 is 2.33 bits per heavy atom. The van der Waals surface area contributed by atoms with Crippen LogP contribution in [0.25, 0.3) is 0 Å². The van der Waals surface area contributed by atoms with Gasteiger partial charge in [-0.2, -0.15) is 11.8 Å². The molecule has 1 heterocycles. The second kappa shape index (κ2) is 6.31. The monoisotopic (exact) mass is 283 g/mol. The molecule has 1 saturated heterocycles. The van der Waals surface area contributed by atoms with Crippen molar-refractivity contribution in [2.75, 3.05) is 12.3 Å². The normalized spacial score (nSPS) is 25.3. The van der Waals surface area contributed by atoms with Crippen molar-refractivity contribution in [3.05, 3.63) is 34.9 Å². The number of rotatable bonds is 5. The van der Waals surface area contributed by atoms with Gasteiger partial charge in [-0.3, -0.25) is 0 Å². The summed E-state index contributed by atoms with van der Waals surface area (Å²) in [5, 5.41) is 4.54. The summed E-state index contributed by atoms with van der Waals surface area (Å²) in [6.07, 6.45) is 3.79. The van der Waals surface area contributed by atoms with Gasteiger partial charge in [0.1, 0.15) is 0 Å². The molecular weight excluding hydrogens is 262 g/mol. The van der Waals surface area contributed by atoms with Crippen LogP contribution in [-0.2, 0) is 0 Å². The third-order valence-corrected chi connectivity index (χ3v) is 5.46. The fraction of sp³-hybridized carbons (Fsp3) is 0.600. The average molecular weight is 284 g/mol. The number of thioether (sulfide) groups is 1. The first kappa shape index (κ1) is 14.2. The van der Waals surface area contributed by atoms with Crippen LogP contribution in [0.5, 0.6) is 0 Å². The minimum atomic E-state index is 0.418. The van der Waals surface area contributed by atoms with Gasteiger partial charge in [-0.25, -0.2) is 0 Å². The van der Waals surface area contributed by atoms with Gasteiger partial charge in [0, 0.05) is 22.4 Å². The minimum Gasteiger partial charge on any atom is -0.309 e. The Kier molecular flexibility index (Phi) is 4.99. The maximum absolute atomic E-state index is 6.07. The summed E-state index contributed by atoms with van der Waals surface area (Å²) < 4.78 is 0.423. The van der Waals surface area contributed by atoms with Crippen molar-refractivity contribution < 1.29 is 0 Å². The van der Waals surface area contributed by atoms with Crippen LogP contribution in [0, 0.1) is 0 Å². The van der Waals surface area contributed by atoms with Gasteiger partial charge < -0.3 is 5.32 Å². The van der Waals surface area contributed by atoms with Crippen molar-refractivity contribution in [1.29, 1.82) is 0 Å². The maximum Gasteiger partial charge on any atom is 0.0409 e. The van der Waals surface area contributed by atoms with Crippen LogP contribution in [-0.4, -0.2) is 17.0 Å². The van der Waals surface area contributed by atoms with E-state index < -0.39 is 0 Å². The molecule has 1 nitrogen and oxygen atoms in total. The SMILES string of the molecule is CCC(NCC1(C)CCCS1)c1cccc(Cl)c1. The van der Waals surface area contributed by atoms with Crippen LogP contribution in [0.2, 0.25) is 5.02 Å². The summed E-state index contributed by atoms with van der Waals surface area (Å²) in [6, 6.07) is 8.63. The highest BCUT2D eigenvalue weighted by atomic mass is 35.5. The van der Waals surface area contributed by atoms with Gasteiger partial charge in [0.05, 0.1) is 0 Å². The highest BCUT2D eigenvalue weighted by Gasteiger charge is 2.29. The smallest absolute Gasteiger partial charge is 0.0409 e. The fourth-order valence-electron chi connectivity index (χ4n) is 2.54. The lowest BCUT2D eigenvalue weighted by Gasteiger charge is -2.27. The van der Waals surface area contributed by atoms with Crippen molar-refractivity contribution in [3.63, 3.8) is 0 Å². The summed E-state index contributed by atoms with van der Waals surface area (Å²) >= 11 is 8.18. The predicted octanol–water partition coefficient (Wildman–Crippen LogP) is 4.67. The Labute approximate surface area is 120 Å². The van der Waals surface area contributed by atoms with Gasteiger partial charge in [0.15, 0.2) is 0 Å². The average Bonchev–Trinajstić information content (AvgIpc) is 2.77. The summed E-state index contributed by atoms with van der Waals surface area (Å²) in [4.78, 5) is 0. The Morgan fingerprint density at radius 1 is 1.50 bits per heavy atom. The topological polar surface area (TPSA) is 12.0 Å². The highest BCUT2D eigenvalue weighted by Crippen LogP contribution is 2.37. The molecule has 1 aliphatic rings. The molecule has 0 bridgehead atoms. The molecule has 1 aliphatic heterocycles. The van der Waals surface area contributed by atoms with Gasteiger partial charge >= 0.3 is 0 Å². The largest absolute Gasteiger partial charge is 0.309 e. The van der Waals surface area contributed by atoms with Crippen LogP contribution in [0.1, 0.15) is 44.7 Å². The van der Waals surface area contributed by atoms with E-state index in [0.717, 1.165) is 18.0 Å². The van der Waals surface area contributed by atoms with E-state index in [2.05, 4.69) is 43.1 Å². The second-order valence-electron chi connectivity index (χ2n) is 5.30. The Morgan fingerprint density at radius 3 is 2.94 bits per heavy atom. The third-order valence-electron chi connectivity index (χ3n) is 3.68. The molecule has 0 amide bonds. The zero-order valence-electron chi connectivity index (χ0n) is 11.2. The van der Waals surface area contributed by atoms with Crippen molar-refractivity contribution in [2.24, 2.45) is 0 Å². The van der Waals surface area contributed by atoms with Gasteiger partial charge in [-0.15, -0.1) is 0 Å². The second-order valence-corrected chi connectivity index (χ2v) is 7.42. The summed E-state index contributed by atoms with van der Waals surface area (Å²) in [5.74, 6) is 1.31. The van der Waals surface area contributed by atoms with Crippen LogP contribution in [0.3, 0.4) is 0 Å². The van der Waals surface area contributed by atoms with Crippen LogP contribution in [0.4, 0.5) is 0 Å². The van der Waals surface area contributed by atoms with E-state index in [9.17, 15) is 0 Å². The van der Waals surface area contributed by atoms with E-state index in [4.69, 9.17) is 11.6 Å². The molecule has 3 heteroatoms. The molecule has 2 atom stereocenters. The lowest BCUT2D eigenvalue weighted by Crippen LogP contribution is -2.35. The molecule has 0 radical (unpaired) electrons. The molecule has 0 aromatic heterocycles. The fourth-order valence-corrected chi connectivity index (χ4v) is 3.99. The number of halogens is 1. The summed E-state index contributed by atoms with van der Waals surface area (Å²) in [7, 11) is 0. The molecule has 2 rings (SSSR count). The van der Waals surface area contributed by atoms with E-state index in [0.29, 0.717) is 10.8 Å².